The van der Waals surface area contributed by atoms with Crippen molar-refractivity contribution < 1.29 is 14.6 Å². The minimum Gasteiger partial charge on any atom is -0.389 e. The van der Waals surface area contributed by atoms with Crippen LogP contribution in [0.1, 0.15) is 33.1 Å². The Morgan fingerprint density at radius 1 is 1.59 bits per heavy atom. The molecule has 0 bridgehead atoms. The molecule has 0 saturated heterocycles. The van der Waals surface area contributed by atoms with Crippen LogP contribution < -0.4 is 10.6 Å². The molecule has 0 aromatic heterocycles. The Hall–Kier alpha value is -0.810. The van der Waals surface area contributed by atoms with Crippen LogP contribution in [0.2, 0.25) is 0 Å². The van der Waals surface area contributed by atoms with Crippen molar-refractivity contribution in [3.05, 3.63) is 0 Å². The third-order valence-corrected chi connectivity index (χ3v) is 3.42. The van der Waals surface area contributed by atoms with Crippen LogP contribution in [0.4, 0.5) is 4.79 Å². The highest BCUT2D eigenvalue weighted by molar-refractivity contribution is 5.74. The first kappa shape index (κ1) is 14.3. The van der Waals surface area contributed by atoms with Gasteiger partial charge in [0.1, 0.15) is 0 Å². The maximum absolute atomic E-state index is 11.6. The van der Waals surface area contributed by atoms with Gasteiger partial charge in [0.25, 0.3) is 0 Å². The fraction of sp³-hybridized carbons (Fsp3) is 0.917. The summed E-state index contributed by atoms with van der Waals surface area (Å²) in [7, 11) is 1.52. The van der Waals surface area contributed by atoms with Gasteiger partial charge in [0.15, 0.2) is 0 Å². The molecule has 0 radical (unpaired) electrons. The third kappa shape index (κ3) is 4.52. The van der Waals surface area contributed by atoms with E-state index in [9.17, 15) is 9.90 Å². The van der Waals surface area contributed by atoms with Gasteiger partial charge in [-0.1, -0.05) is 20.3 Å². The predicted molar refractivity (Wildman–Crippen MR) is 65.8 cm³/mol. The van der Waals surface area contributed by atoms with E-state index in [0.29, 0.717) is 0 Å². The Morgan fingerprint density at radius 2 is 2.29 bits per heavy atom. The van der Waals surface area contributed by atoms with E-state index in [-0.39, 0.29) is 30.6 Å². The van der Waals surface area contributed by atoms with Crippen LogP contribution in [-0.4, -0.2) is 43.5 Å². The Kier molecular flexibility index (Phi) is 5.21. The van der Waals surface area contributed by atoms with Crippen LogP contribution in [-0.2, 0) is 4.74 Å². The number of amides is 2. The number of nitrogens with one attached hydrogen (secondary N) is 2. The van der Waals surface area contributed by atoms with Gasteiger partial charge in [0, 0.05) is 19.7 Å². The maximum atomic E-state index is 11.6. The van der Waals surface area contributed by atoms with Gasteiger partial charge in [-0.3, -0.25) is 0 Å². The van der Waals surface area contributed by atoms with Gasteiger partial charge in [-0.2, -0.15) is 0 Å². The molecule has 5 heteroatoms. The second-order valence-corrected chi connectivity index (χ2v) is 5.40. The molecule has 0 spiro atoms. The second kappa shape index (κ2) is 6.21. The van der Waals surface area contributed by atoms with Gasteiger partial charge in [0.05, 0.1) is 12.7 Å². The highest BCUT2D eigenvalue weighted by atomic mass is 16.5. The largest absolute Gasteiger partial charge is 0.389 e. The van der Waals surface area contributed by atoms with Gasteiger partial charge in [-0.05, 0) is 18.3 Å². The first-order valence-electron chi connectivity index (χ1n) is 6.17. The van der Waals surface area contributed by atoms with Crippen molar-refractivity contribution >= 4 is 6.03 Å². The highest BCUT2D eigenvalue weighted by Gasteiger charge is 2.35. The quantitative estimate of drug-likeness (QED) is 0.672. The lowest BCUT2D eigenvalue weighted by molar-refractivity contribution is 0.0658. The lowest BCUT2D eigenvalue weighted by atomic mass is 9.87. The van der Waals surface area contributed by atoms with E-state index in [2.05, 4.69) is 24.5 Å². The second-order valence-electron chi connectivity index (χ2n) is 5.40. The Morgan fingerprint density at radius 3 is 2.82 bits per heavy atom. The van der Waals surface area contributed by atoms with Crippen molar-refractivity contribution in [2.24, 2.45) is 5.41 Å². The summed E-state index contributed by atoms with van der Waals surface area (Å²) in [6, 6.07) is 0.0159. The van der Waals surface area contributed by atoms with Crippen molar-refractivity contribution in [3.8, 4) is 0 Å². The van der Waals surface area contributed by atoms with E-state index < -0.39 is 6.10 Å². The summed E-state index contributed by atoms with van der Waals surface area (Å²) in [5.74, 6) is 0. The Bertz CT molecular complexity index is 256. The monoisotopic (exact) mass is 244 g/mol. The maximum Gasteiger partial charge on any atom is 0.315 e. The summed E-state index contributed by atoms with van der Waals surface area (Å²) in [6.45, 7) is 4.79. The molecule has 1 aliphatic rings. The van der Waals surface area contributed by atoms with Crippen LogP contribution in [0.5, 0.6) is 0 Å². The SMILES string of the molecule is COCC(O)CNC(=O)NC1CCCC1(C)C. The van der Waals surface area contributed by atoms with Crippen LogP contribution in [0.25, 0.3) is 0 Å². The third-order valence-electron chi connectivity index (χ3n) is 3.42. The number of aliphatic hydroxyl groups excluding tert-OH is 1. The Labute approximate surface area is 103 Å². The van der Waals surface area contributed by atoms with Gasteiger partial charge < -0.3 is 20.5 Å². The average molecular weight is 244 g/mol. The molecule has 2 unspecified atom stereocenters. The molecule has 3 N–H and O–H groups in total. The number of urea groups is 1. The number of rotatable bonds is 5. The van der Waals surface area contributed by atoms with E-state index in [4.69, 9.17) is 4.74 Å². The van der Waals surface area contributed by atoms with Crippen LogP contribution in [0.15, 0.2) is 0 Å². The fourth-order valence-corrected chi connectivity index (χ4v) is 2.27. The molecule has 0 aromatic rings. The number of hydrogen-bond acceptors (Lipinski definition) is 3. The minimum absolute atomic E-state index is 0.169. The number of carbonyl (C=O) groups is 1. The average Bonchev–Trinajstić information content (AvgIpc) is 2.56. The van der Waals surface area contributed by atoms with E-state index in [1.54, 1.807) is 0 Å². The molecule has 5 nitrogen and oxygen atoms in total. The number of ether oxygens (including phenoxy) is 1. The summed E-state index contributed by atoms with van der Waals surface area (Å²) >= 11 is 0. The van der Waals surface area contributed by atoms with Crippen molar-refractivity contribution in [1.29, 1.82) is 0 Å². The molecule has 0 aromatic carbocycles. The topological polar surface area (TPSA) is 70.6 Å². The summed E-state index contributed by atoms with van der Waals surface area (Å²) in [5.41, 5.74) is 0.169. The molecule has 2 atom stereocenters. The normalized spacial score (nSPS) is 24.4. The number of hydrogen-bond donors (Lipinski definition) is 3. The molecular formula is C12H24N2O3. The Balaban J connectivity index is 2.25. The first-order chi connectivity index (χ1) is 7.95. The standard InChI is InChI=1S/C12H24N2O3/c1-12(2)6-4-5-10(12)14-11(16)13-7-9(15)8-17-3/h9-10,15H,4-8H2,1-3H3,(H2,13,14,16). The molecule has 100 valence electrons. The first-order valence-corrected chi connectivity index (χ1v) is 6.17. The van der Waals surface area contributed by atoms with Crippen LogP contribution >= 0.6 is 0 Å². The minimum atomic E-state index is -0.651. The van der Waals surface area contributed by atoms with E-state index in [0.717, 1.165) is 19.3 Å². The lowest BCUT2D eigenvalue weighted by Gasteiger charge is -2.28. The molecule has 0 heterocycles. The summed E-state index contributed by atoms with van der Waals surface area (Å²) in [4.78, 5) is 11.6. The fourth-order valence-electron chi connectivity index (χ4n) is 2.27. The van der Waals surface area contributed by atoms with Crippen LogP contribution in [0.3, 0.4) is 0 Å². The van der Waals surface area contributed by atoms with E-state index in [1.807, 2.05) is 0 Å². The number of methoxy groups -OCH3 is 1. The summed E-state index contributed by atoms with van der Waals surface area (Å²) in [6.07, 6.45) is 2.68. The smallest absolute Gasteiger partial charge is 0.315 e. The van der Waals surface area contributed by atoms with Gasteiger partial charge in [-0.25, -0.2) is 4.79 Å². The molecule has 1 fully saturated rings. The van der Waals surface area contributed by atoms with Crippen molar-refractivity contribution in [2.75, 3.05) is 20.3 Å². The van der Waals surface area contributed by atoms with Crippen molar-refractivity contribution in [3.63, 3.8) is 0 Å². The number of aliphatic hydroxyl groups is 1. The number of carbonyl (C=O) groups excluding carboxylic acids is 1. The van der Waals surface area contributed by atoms with Crippen molar-refractivity contribution in [1.82, 2.24) is 10.6 Å². The lowest BCUT2D eigenvalue weighted by Crippen LogP contribution is -2.48. The summed E-state index contributed by atoms with van der Waals surface area (Å²) in [5, 5.41) is 15.0. The molecule has 0 aliphatic heterocycles. The van der Waals surface area contributed by atoms with Gasteiger partial charge >= 0.3 is 6.03 Å². The zero-order valence-corrected chi connectivity index (χ0v) is 11.0. The predicted octanol–water partition coefficient (Wildman–Crippen LogP) is 0.872. The zero-order valence-electron chi connectivity index (χ0n) is 11.0. The molecule has 2 amide bonds. The highest BCUT2D eigenvalue weighted by Crippen LogP contribution is 2.36. The zero-order chi connectivity index (χ0) is 12.9. The van der Waals surface area contributed by atoms with Gasteiger partial charge in [-0.15, -0.1) is 0 Å². The molecular weight excluding hydrogens is 220 g/mol. The molecule has 17 heavy (non-hydrogen) atoms. The van der Waals surface area contributed by atoms with E-state index in [1.165, 1.54) is 7.11 Å². The van der Waals surface area contributed by atoms with E-state index >= 15 is 0 Å². The summed E-state index contributed by atoms with van der Waals surface area (Å²) < 4.78 is 4.78. The van der Waals surface area contributed by atoms with Crippen molar-refractivity contribution in [2.45, 2.75) is 45.3 Å². The van der Waals surface area contributed by atoms with Gasteiger partial charge in [0.2, 0.25) is 0 Å². The van der Waals surface area contributed by atoms with Crippen LogP contribution in [0, 0.1) is 5.41 Å². The molecule has 1 saturated carbocycles. The molecule has 1 rings (SSSR count). The molecule has 1 aliphatic carbocycles.